The van der Waals surface area contributed by atoms with E-state index in [2.05, 4.69) is 43.1 Å². The molecule has 372 valence electrons. The molecule has 65 heavy (non-hydrogen) atoms. The normalized spacial score (nSPS) is 30.0. The summed E-state index contributed by atoms with van der Waals surface area (Å²) < 4.78 is 20.6. The summed E-state index contributed by atoms with van der Waals surface area (Å²) in [6.07, 6.45) is 24.4. The summed E-state index contributed by atoms with van der Waals surface area (Å²) in [6.45, 7) is 16.6. The highest BCUT2D eigenvalue weighted by Crippen LogP contribution is 2.69. The summed E-state index contributed by atoms with van der Waals surface area (Å²) in [7, 11) is 0. The zero-order valence-electron chi connectivity index (χ0n) is 41.6. The summed E-state index contributed by atoms with van der Waals surface area (Å²) in [5, 5.41) is 6.36. The number of hydrogen-bond donors (Lipinski definition) is 5. The molecule has 9 N–H and O–H groups in total. The van der Waals surface area contributed by atoms with Gasteiger partial charge in [0.25, 0.3) is 0 Å². The first-order valence-corrected chi connectivity index (χ1v) is 26.8. The molecule has 4 aliphatic rings. The molecule has 1 amide bonds. The standard InChI is InChI=1S/C53H95N7O5/c1-5-6-7-8-9-13-31-60(49(61)22-11-10-12-30-58-45-20-14-21-46(59-62)51(45)57)32-15-19-39(2)42-23-24-43-50-44(38-48(53(42,43)4)65-35-18-29-56)52(3)26-25-41(63-33-16-27-54)36-40(52)37-47(50)64-34-17-28-55/h14,20-21,39-44,47-48,50,58H,5-13,15-19,22-38,54-57H2,1-4H3/t39-,40?,41-,42?,43+,44+,47-,48+,50?,52?,53?/m1/s1. The third kappa shape index (κ3) is 14.1. The molecule has 12 heteroatoms. The van der Waals surface area contributed by atoms with Crippen molar-refractivity contribution in [2.45, 2.75) is 187 Å². The molecule has 0 radical (unpaired) electrons. The Hall–Kier alpha value is -2.35. The van der Waals surface area contributed by atoms with Crippen molar-refractivity contribution in [3.05, 3.63) is 23.1 Å². The van der Waals surface area contributed by atoms with E-state index >= 15 is 0 Å². The lowest BCUT2D eigenvalue weighted by Crippen LogP contribution is -2.63. The van der Waals surface area contributed by atoms with Crippen LogP contribution in [0.1, 0.15) is 169 Å². The first-order chi connectivity index (χ1) is 31.6. The molecule has 4 saturated carbocycles. The summed E-state index contributed by atoms with van der Waals surface area (Å²) in [6, 6.07) is 5.28. The molecule has 5 unspecified atom stereocenters. The summed E-state index contributed by atoms with van der Waals surface area (Å²) in [5.74, 6) is 3.58. The maximum Gasteiger partial charge on any atom is 0.222 e. The molecule has 11 atom stereocenters. The van der Waals surface area contributed by atoms with Crippen LogP contribution in [-0.2, 0) is 19.0 Å². The molecule has 0 saturated heterocycles. The van der Waals surface area contributed by atoms with Gasteiger partial charge in [0.05, 0.1) is 29.7 Å². The fourth-order valence-electron chi connectivity index (χ4n) is 13.6. The van der Waals surface area contributed by atoms with Crippen LogP contribution in [0.15, 0.2) is 23.4 Å². The van der Waals surface area contributed by atoms with Gasteiger partial charge in [0, 0.05) is 51.3 Å². The third-order valence-corrected chi connectivity index (χ3v) is 17.3. The molecule has 0 spiro atoms. The first kappa shape index (κ1) is 53.6. The SMILES string of the molecule is CCCCCCCCN(CCC[C@@H](C)C1CC[C@H]2C3[C@H](OCCCN)CC4C[C@H](OCCCN)CCC4(C)[C@H]3C[C@H](OCCCN)C12C)C(=O)CCCCCNc1cccc(N=O)c1N. The van der Waals surface area contributed by atoms with Crippen LogP contribution in [0, 0.1) is 51.2 Å². The largest absolute Gasteiger partial charge is 0.395 e. The number of rotatable bonds is 32. The summed E-state index contributed by atoms with van der Waals surface area (Å²) in [5.41, 5.74) is 25.7. The van der Waals surface area contributed by atoms with Gasteiger partial charge in [-0.3, -0.25) is 4.79 Å². The highest BCUT2D eigenvalue weighted by Gasteiger charge is 2.66. The number of nitrogens with zero attached hydrogens (tertiary/aromatic N) is 2. The monoisotopic (exact) mass is 910 g/mol. The van der Waals surface area contributed by atoms with Crippen molar-refractivity contribution < 1.29 is 19.0 Å². The number of ether oxygens (including phenoxy) is 3. The maximum absolute atomic E-state index is 13.9. The van der Waals surface area contributed by atoms with E-state index in [1.54, 1.807) is 12.1 Å². The Balaban J connectivity index is 1.23. The lowest BCUT2D eigenvalue weighted by atomic mass is 9.43. The van der Waals surface area contributed by atoms with E-state index in [4.69, 9.17) is 37.1 Å². The minimum absolute atomic E-state index is 0.0547. The zero-order valence-corrected chi connectivity index (χ0v) is 41.6. The molecular weight excluding hydrogens is 815 g/mol. The Morgan fingerprint density at radius 1 is 0.815 bits per heavy atom. The average Bonchev–Trinajstić information content (AvgIpc) is 3.67. The molecule has 12 nitrogen and oxygen atoms in total. The van der Waals surface area contributed by atoms with Crippen molar-refractivity contribution in [3.63, 3.8) is 0 Å². The van der Waals surface area contributed by atoms with Crippen LogP contribution in [0.3, 0.4) is 0 Å². The van der Waals surface area contributed by atoms with Crippen LogP contribution >= 0.6 is 0 Å². The van der Waals surface area contributed by atoms with Crippen LogP contribution in [0.25, 0.3) is 0 Å². The second-order valence-corrected chi connectivity index (χ2v) is 21.3. The van der Waals surface area contributed by atoms with E-state index in [1.165, 1.54) is 51.4 Å². The lowest BCUT2D eigenvalue weighted by Gasteiger charge is -2.65. The number of nitrogens with one attached hydrogen (secondary N) is 1. The molecule has 1 aromatic carbocycles. The molecule has 0 aromatic heterocycles. The van der Waals surface area contributed by atoms with Gasteiger partial charge in [0.15, 0.2) is 0 Å². The minimum Gasteiger partial charge on any atom is -0.395 e. The second kappa shape index (κ2) is 27.6. The van der Waals surface area contributed by atoms with Gasteiger partial charge in [-0.2, -0.15) is 0 Å². The van der Waals surface area contributed by atoms with Crippen LogP contribution in [0.2, 0.25) is 0 Å². The Kier molecular flexibility index (Phi) is 22.8. The van der Waals surface area contributed by atoms with Gasteiger partial charge in [-0.25, -0.2) is 0 Å². The Bertz CT molecular complexity index is 1540. The molecular formula is C53H95N7O5. The number of anilines is 2. The number of fused-ring (bicyclic) bond motifs is 5. The van der Waals surface area contributed by atoms with Crippen molar-refractivity contribution in [1.29, 1.82) is 0 Å². The van der Waals surface area contributed by atoms with Gasteiger partial charge in [-0.1, -0.05) is 72.3 Å². The highest BCUT2D eigenvalue weighted by atomic mass is 16.5. The molecule has 4 aliphatic carbocycles. The molecule has 0 aliphatic heterocycles. The van der Waals surface area contributed by atoms with Gasteiger partial charge in [0.1, 0.15) is 5.69 Å². The quantitative estimate of drug-likeness (QED) is 0.0264. The van der Waals surface area contributed by atoms with Crippen molar-refractivity contribution in [2.75, 3.05) is 70.1 Å². The van der Waals surface area contributed by atoms with Crippen LogP contribution < -0.4 is 28.3 Å². The summed E-state index contributed by atoms with van der Waals surface area (Å²) in [4.78, 5) is 27.1. The Morgan fingerprint density at radius 2 is 1.51 bits per heavy atom. The maximum atomic E-state index is 13.9. The van der Waals surface area contributed by atoms with Gasteiger partial charge in [-0.05, 0) is 174 Å². The van der Waals surface area contributed by atoms with Crippen LogP contribution in [-0.4, -0.2) is 88.2 Å². The van der Waals surface area contributed by atoms with E-state index in [-0.39, 0.29) is 28.7 Å². The van der Waals surface area contributed by atoms with Crippen LogP contribution in [0.4, 0.5) is 17.1 Å². The van der Waals surface area contributed by atoms with Crippen LogP contribution in [0.5, 0.6) is 0 Å². The van der Waals surface area contributed by atoms with Crippen molar-refractivity contribution in [3.8, 4) is 0 Å². The number of carbonyl (C=O) groups is 1. The number of nitroso groups, excluding NO2 is 1. The smallest absolute Gasteiger partial charge is 0.222 e. The van der Waals surface area contributed by atoms with Crippen molar-refractivity contribution in [2.24, 2.45) is 68.7 Å². The predicted octanol–water partition coefficient (Wildman–Crippen LogP) is 10.3. The van der Waals surface area contributed by atoms with Gasteiger partial charge in [-0.15, -0.1) is 4.91 Å². The number of hydrogen-bond acceptors (Lipinski definition) is 11. The number of benzene rings is 1. The number of para-hydroxylation sites is 1. The topological polar surface area (TPSA) is 194 Å². The molecule has 0 bridgehead atoms. The molecule has 4 fully saturated rings. The first-order valence-electron chi connectivity index (χ1n) is 26.8. The fourth-order valence-corrected chi connectivity index (χ4v) is 13.6. The number of amides is 1. The van der Waals surface area contributed by atoms with E-state index in [9.17, 15) is 9.70 Å². The highest BCUT2D eigenvalue weighted by molar-refractivity contribution is 5.78. The number of nitrogens with two attached hydrogens (primary N) is 4. The number of nitrogen functional groups attached to an aromatic ring is 1. The summed E-state index contributed by atoms with van der Waals surface area (Å²) >= 11 is 0. The lowest BCUT2D eigenvalue weighted by molar-refractivity contribution is -0.227. The van der Waals surface area contributed by atoms with Gasteiger partial charge in [0.2, 0.25) is 5.91 Å². The minimum atomic E-state index is 0.0547. The van der Waals surface area contributed by atoms with Crippen molar-refractivity contribution >= 4 is 23.0 Å². The fraction of sp³-hybridized carbons (Fsp3) is 0.868. The molecule has 5 rings (SSSR count). The van der Waals surface area contributed by atoms with E-state index in [0.717, 1.165) is 129 Å². The number of carbonyl (C=O) groups excluding carboxylic acids is 1. The zero-order chi connectivity index (χ0) is 46.7. The Morgan fingerprint density at radius 3 is 2.25 bits per heavy atom. The second-order valence-electron chi connectivity index (χ2n) is 21.3. The van der Waals surface area contributed by atoms with E-state index in [1.807, 2.05) is 6.07 Å². The molecule has 0 heterocycles. The van der Waals surface area contributed by atoms with Gasteiger partial charge < -0.3 is 47.4 Å². The van der Waals surface area contributed by atoms with Gasteiger partial charge >= 0.3 is 0 Å². The Labute approximate surface area is 394 Å². The van der Waals surface area contributed by atoms with E-state index < -0.39 is 0 Å². The third-order valence-electron chi connectivity index (χ3n) is 17.3. The average molecular weight is 910 g/mol. The van der Waals surface area contributed by atoms with E-state index in [0.29, 0.717) is 79.3 Å². The predicted molar refractivity (Wildman–Crippen MR) is 268 cm³/mol. The molecule has 1 aromatic rings. The number of unbranched alkanes of at least 4 members (excludes halogenated alkanes) is 7. The van der Waals surface area contributed by atoms with Crippen molar-refractivity contribution in [1.82, 2.24) is 4.90 Å².